The Balaban J connectivity index is 1.43. The molecule has 0 spiro atoms. The standard InChI is InChI=1S/C24H18N4O4S/c29-24(16-5-4-6-18(13-16)28(30)31)25-23-21-14-33-15-22(21)26-27(23)17-9-11-20(12-10-17)32-19-7-2-1-3-8-19/h1-13H,14-15H2,(H,25,29). The number of fused-ring (bicyclic) bond motifs is 1. The fourth-order valence-corrected chi connectivity index (χ4v) is 4.58. The highest BCUT2D eigenvalue weighted by molar-refractivity contribution is 7.98. The number of carbonyl (C=O) groups is 1. The van der Waals surface area contributed by atoms with Crippen LogP contribution < -0.4 is 10.1 Å². The molecule has 2 heterocycles. The Morgan fingerprint density at radius 2 is 1.76 bits per heavy atom. The first-order valence-corrected chi connectivity index (χ1v) is 11.3. The maximum Gasteiger partial charge on any atom is 0.270 e. The fourth-order valence-electron chi connectivity index (χ4n) is 3.55. The molecular weight excluding hydrogens is 440 g/mol. The van der Waals surface area contributed by atoms with Crippen molar-refractivity contribution < 1.29 is 14.5 Å². The summed E-state index contributed by atoms with van der Waals surface area (Å²) < 4.78 is 7.56. The maximum atomic E-state index is 12.9. The van der Waals surface area contributed by atoms with Gasteiger partial charge >= 0.3 is 0 Å². The summed E-state index contributed by atoms with van der Waals surface area (Å²) in [4.78, 5) is 23.5. The summed E-state index contributed by atoms with van der Waals surface area (Å²) >= 11 is 1.72. The van der Waals surface area contributed by atoms with Gasteiger partial charge in [0.25, 0.3) is 11.6 Å². The van der Waals surface area contributed by atoms with Gasteiger partial charge in [0.15, 0.2) is 0 Å². The van der Waals surface area contributed by atoms with Gasteiger partial charge in [-0.1, -0.05) is 24.3 Å². The van der Waals surface area contributed by atoms with Crippen molar-refractivity contribution >= 4 is 29.2 Å². The lowest BCUT2D eigenvalue weighted by Gasteiger charge is -2.12. The molecule has 1 N–H and O–H groups in total. The van der Waals surface area contributed by atoms with E-state index in [0.717, 1.165) is 34.2 Å². The number of anilines is 1. The van der Waals surface area contributed by atoms with Gasteiger partial charge in [-0.25, -0.2) is 4.68 Å². The predicted octanol–water partition coefficient (Wildman–Crippen LogP) is 5.57. The zero-order valence-electron chi connectivity index (χ0n) is 17.3. The van der Waals surface area contributed by atoms with Crippen LogP contribution >= 0.6 is 11.8 Å². The van der Waals surface area contributed by atoms with Crippen molar-refractivity contribution in [2.24, 2.45) is 0 Å². The molecule has 0 atom stereocenters. The number of para-hydroxylation sites is 1. The molecule has 0 saturated carbocycles. The summed E-state index contributed by atoms with van der Waals surface area (Å²) in [5, 5.41) is 18.7. The lowest BCUT2D eigenvalue weighted by Crippen LogP contribution is -2.16. The molecule has 0 unspecified atom stereocenters. The highest BCUT2D eigenvalue weighted by Crippen LogP contribution is 2.36. The molecule has 1 aliphatic heterocycles. The van der Waals surface area contributed by atoms with E-state index in [1.807, 2.05) is 54.6 Å². The number of benzene rings is 3. The van der Waals surface area contributed by atoms with E-state index in [2.05, 4.69) is 5.32 Å². The molecule has 8 nitrogen and oxygen atoms in total. The van der Waals surface area contributed by atoms with Crippen LogP contribution in [0, 0.1) is 10.1 Å². The van der Waals surface area contributed by atoms with E-state index in [-0.39, 0.29) is 11.3 Å². The molecule has 5 rings (SSSR count). The smallest absolute Gasteiger partial charge is 0.270 e. The number of ether oxygens (including phenoxy) is 1. The quantitative estimate of drug-likeness (QED) is 0.299. The van der Waals surface area contributed by atoms with Crippen molar-refractivity contribution in [1.82, 2.24) is 9.78 Å². The molecular formula is C24H18N4O4S. The number of hydrogen-bond acceptors (Lipinski definition) is 6. The molecule has 0 fully saturated rings. The van der Waals surface area contributed by atoms with Gasteiger partial charge in [0.2, 0.25) is 0 Å². The van der Waals surface area contributed by atoms with E-state index in [9.17, 15) is 14.9 Å². The number of amides is 1. The summed E-state index contributed by atoms with van der Waals surface area (Å²) in [6.45, 7) is 0. The van der Waals surface area contributed by atoms with Crippen molar-refractivity contribution in [1.29, 1.82) is 0 Å². The number of nitro benzene ring substituents is 1. The molecule has 4 aromatic rings. The van der Waals surface area contributed by atoms with Crippen LogP contribution in [0.15, 0.2) is 78.9 Å². The Bertz CT molecular complexity index is 1340. The first kappa shape index (κ1) is 20.8. The lowest BCUT2D eigenvalue weighted by atomic mass is 10.2. The van der Waals surface area contributed by atoms with Crippen molar-refractivity contribution in [2.45, 2.75) is 11.5 Å². The summed E-state index contributed by atoms with van der Waals surface area (Å²) in [6.07, 6.45) is 0. The number of carbonyl (C=O) groups excluding carboxylic acids is 1. The average molecular weight is 458 g/mol. The normalized spacial score (nSPS) is 12.2. The van der Waals surface area contributed by atoms with E-state index in [1.165, 1.54) is 18.2 Å². The van der Waals surface area contributed by atoms with Crippen molar-refractivity contribution in [2.75, 3.05) is 5.32 Å². The minimum Gasteiger partial charge on any atom is -0.457 e. The Morgan fingerprint density at radius 3 is 2.52 bits per heavy atom. The number of nitrogens with zero attached hydrogens (tertiary/aromatic N) is 3. The van der Waals surface area contributed by atoms with Crippen LogP contribution in [0.2, 0.25) is 0 Å². The lowest BCUT2D eigenvalue weighted by molar-refractivity contribution is -0.384. The maximum absolute atomic E-state index is 12.9. The second kappa shape index (κ2) is 8.79. The Labute approximate surface area is 193 Å². The number of non-ortho nitro benzene ring substituents is 1. The zero-order valence-corrected chi connectivity index (χ0v) is 18.1. The minimum atomic E-state index is -0.519. The molecule has 1 aliphatic rings. The SMILES string of the molecule is O=C(Nc1c2c(nn1-c1ccc(Oc3ccccc3)cc1)CSC2)c1cccc([N+](=O)[O-])c1. The Hall–Kier alpha value is -4.11. The van der Waals surface area contributed by atoms with Crippen LogP contribution in [0.5, 0.6) is 11.5 Å². The molecule has 0 aliphatic carbocycles. The van der Waals surface area contributed by atoms with Gasteiger partial charge in [-0.3, -0.25) is 14.9 Å². The van der Waals surface area contributed by atoms with Gasteiger partial charge in [0.1, 0.15) is 17.3 Å². The summed E-state index contributed by atoms with van der Waals surface area (Å²) in [6, 6.07) is 22.6. The summed E-state index contributed by atoms with van der Waals surface area (Å²) in [5.41, 5.74) is 2.72. The number of nitro groups is 1. The molecule has 33 heavy (non-hydrogen) atoms. The van der Waals surface area contributed by atoms with Gasteiger partial charge in [-0.15, -0.1) is 0 Å². The Morgan fingerprint density at radius 1 is 1.00 bits per heavy atom. The second-order valence-electron chi connectivity index (χ2n) is 7.35. The van der Waals surface area contributed by atoms with Gasteiger partial charge in [-0.05, 0) is 42.5 Å². The van der Waals surface area contributed by atoms with Crippen LogP contribution in [-0.2, 0) is 11.5 Å². The number of thioether (sulfide) groups is 1. The third-order valence-electron chi connectivity index (χ3n) is 5.16. The fraction of sp³-hybridized carbons (Fsp3) is 0.0833. The van der Waals surface area contributed by atoms with Gasteiger partial charge in [0, 0.05) is 34.8 Å². The van der Waals surface area contributed by atoms with E-state index in [4.69, 9.17) is 9.84 Å². The third-order valence-corrected chi connectivity index (χ3v) is 6.13. The van der Waals surface area contributed by atoms with Crippen molar-refractivity contribution in [3.63, 3.8) is 0 Å². The van der Waals surface area contributed by atoms with Crippen LogP contribution in [0.4, 0.5) is 11.5 Å². The number of rotatable bonds is 6. The average Bonchev–Trinajstić information content (AvgIpc) is 3.43. The van der Waals surface area contributed by atoms with E-state index in [1.54, 1.807) is 22.5 Å². The summed E-state index contributed by atoms with van der Waals surface area (Å²) in [7, 11) is 0. The van der Waals surface area contributed by atoms with Crippen LogP contribution in [0.25, 0.3) is 5.69 Å². The Kier molecular flexibility index (Phi) is 5.54. The molecule has 0 saturated heterocycles. The zero-order chi connectivity index (χ0) is 22.8. The van der Waals surface area contributed by atoms with Crippen LogP contribution in [-0.4, -0.2) is 20.6 Å². The van der Waals surface area contributed by atoms with Gasteiger partial charge < -0.3 is 10.1 Å². The highest BCUT2D eigenvalue weighted by atomic mass is 32.2. The number of hydrogen-bond donors (Lipinski definition) is 1. The first-order chi connectivity index (χ1) is 16.1. The second-order valence-corrected chi connectivity index (χ2v) is 8.33. The molecule has 1 amide bonds. The third kappa shape index (κ3) is 4.31. The van der Waals surface area contributed by atoms with E-state index >= 15 is 0 Å². The minimum absolute atomic E-state index is 0.133. The first-order valence-electron chi connectivity index (χ1n) is 10.2. The molecule has 1 aromatic heterocycles. The van der Waals surface area contributed by atoms with Crippen molar-refractivity contribution in [3.05, 3.63) is 106 Å². The van der Waals surface area contributed by atoms with Crippen LogP contribution in [0.3, 0.4) is 0 Å². The highest BCUT2D eigenvalue weighted by Gasteiger charge is 2.25. The summed E-state index contributed by atoms with van der Waals surface area (Å²) in [5.74, 6) is 3.06. The monoisotopic (exact) mass is 458 g/mol. The topological polar surface area (TPSA) is 99.3 Å². The molecule has 9 heteroatoms. The van der Waals surface area contributed by atoms with Gasteiger partial charge in [-0.2, -0.15) is 16.9 Å². The molecule has 0 radical (unpaired) electrons. The molecule has 164 valence electrons. The number of aromatic nitrogens is 2. The number of nitrogens with one attached hydrogen (secondary N) is 1. The predicted molar refractivity (Wildman–Crippen MR) is 126 cm³/mol. The molecule has 0 bridgehead atoms. The van der Waals surface area contributed by atoms with Gasteiger partial charge in [0.05, 0.1) is 16.3 Å². The van der Waals surface area contributed by atoms with E-state index < -0.39 is 10.8 Å². The van der Waals surface area contributed by atoms with Crippen LogP contribution in [0.1, 0.15) is 21.6 Å². The molecule has 3 aromatic carbocycles. The van der Waals surface area contributed by atoms with E-state index in [0.29, 0.717) is 11.6 Å². The van der Waals surface area contributed by atoms with Crippen molar-refractivity contribution in [3.8, 4) is 17.2 Å². The largest absolute Gasteiger partial charge is 0.457 e.